The summed E-state index contributed by atoms with van der Waals surface area (Å²) in [7, 11) is 0. The molecule has 1 aromatic heterocycles. The third kappa shape index (κ3) is 2.19. The summed E-state index contributed by atoms with van der Waals surface area (Å²) in [6.45, 7) is 0. The van der Waals surface area contributed by atoms with Gasteiger partial charge >= 0.3 is 0 Å². The van der Waals surface area contributed by atoms with Crippen LogP contribution >= 0.6 is 27.5 Å². The van der Waals surface area contributed by atoms with E-state index < -0.39 is 18.0 Å². The van der Waals surface area contributed by atoms with E-state index in [0.717, 1.165) is 0 Å². The Hall–Kier alpha value is -0.750. The van der Waals surface area contributed by atoms with E-state index in [0.29, 0.717) is 0 Å². The molecule has 2 N–H and O–H groups in total. The Morgan fingerprint density at radius 1 is 1.64 bits per heavy atom. The second kappa shape index (κ2) is 4.18. The summed E-state index contributed by atoms with van der Waals surface area (Å²) < 4.78 is 24.9. The lowest BCUT2D eigenvalue weighted by Crippen LogP contribution is -2.16. The first-order valence-corrected chi connectivity index (χ1v) is 4.54. The third-order valence-corrected chi connectivity index (χ3v) is 2.24. The van der Waals surface area contributed by atoms with Gasteiger partial charge in [0.25, 0.3) is 12.3 Å². The number of carbonyl (C=O) groups is 1. The molecule has 1 rings (SSSR count). The average Bonchev–Trinajstić information content (AvgIpc) is 2.01. The monoisotopic (exact) mass is 284 g/mol. The molecule has 0 spiro atoms. The zero-order valence-corrected chi connectivity index (χ0v) is 8.94. The summed E-state index contributed by atoms with van der Waals surface area (Å²) in [4.78, 5) is 14.2. The third-order valence-electron chi connectivity index (χ3n) is 1.42. The van der Waals surface area contributed by atoms with Gasteiger partial charge in [-0.25, -0.2) is 13.8 Å². The highest BCUT2D eigenvalue weighted by atomic mass is 79.9. The van der Waals surface area contributed by atoms with Crippen LogP contribution in [0.1, 0.15) is 22.5 Å². The molecule has 0 bridgehead atoms. The summed E-state index contributed by atoms with van der Waals surface area (Å²) in [5.74, 6) is -0.976. The van der Waals surface area contributed by atoms with Gasteiger partial charge in [0.05, 0.1) is 5.56 Å². The summed E-state index contributed by atoms with van der Waals surface area (Å²) >= 11 is 8.35. The molecule has 3 nitrogen and oxygen atoms in total. The highest BCUT2D eigenvalue weighted by molar-refractivity contribution is 9.10. The minimum Gasteiger partial charge on any atom is -0.366 e. The van der Waals surface area contributed by atoms with Crippen LogP contribution in [0.3, 0.4) is 0 Å². The fraction of sp³-hybridized carbons (Fsp3) is 0.143. The van der Waals surface area contributed by atoms with Crippen molar-refractivity contribution < 1.29 is 13.6 Å². The van der Waals surface area contributed by atoms with Crippen molar-refractivity contribution in [3.8, 4) is 0 Å². The van der Waals surface area contributed by atoms with E-state index >= 15 is 0 Å². The molecule has 0 fully saturated rings. The molecular formula is C7H4BrClF2N2O. The number of carbonyl (C=O) groups excluding carboxylic acids is 1. The van der Waals surface area contributed by atoms with Crippen molar-refractivity contribution in [3.05, 3.63) is 26.9 Å². The van der Waals surface area contributed by atoms with E-state index in [1.807, 2.05) is 0 Å². The zero-order valence-electron chi connectivity index (χ0n) is 6.60. The van der Waals surface area contributed by atoms with Crippen LogP contribution in [0, 0.1) is 0 Å². The molecule has 0 aromatic carbocycles. The molecule has 14 heavy (non-hydrogen) atoms. The molecule has 0 atom stereocenters. The van der Waals surface area contributed by atoms with E-state index in [9.17, 15) is 13.6 Å². The standard InChI is InChI=1S/C7H4BrClF2N2O/c8-2-1-3(9)13-5(6(10)11)4(2)7(12)14/h1,6H,(H2,12,14). The maximum absolute atomic E-state index is 12.4. The van der Waals surface area contributed by atoms with Gasteiger partial charge in [-0.15, -0.1) is 0 Å². The SMILES string of the molecule is NC(=O)c1c(Br)cc(Cl)nc1C(F)F. The fourth-order valence-corrected chi connectivity index (χ4v) is 1.85. The molecule has 1 heterocycles. The highest BCUT2D eigenvalue weighted by Crippen LogP contribution is 2.28. The van der Waals surface area contributed by atoms with E-state index in [1.165, 1.54) is 6.07 Å². The van der Waals surface area contributed by atoms with Crippen LogP contribution in [0.5, 0.6) is 0 Å². The zero-order chi connectivity index (χ0) is 10.9. The number of alkyl halides is 2. The lowest BCUT2D eigenvalue weighted by Gasteiger charge is -2.07. The van der Waals surface area contributed by atoms with Gasteiger partial charge in [0.2, 0.25) is 0 Å². The predicted octanol–water partition coefficient (Wildman–Crippen LogP) is 2.53. The lowest BCUT2D eigenvalue weighted by molar-refractivity contribution is 0.0982. The number of aromatic nitrogens is 1. The molecule has 0 radical (unpaired) electrons. The van der Waals surface area contributed by atoms with Crippen molar-refractivity contribution in [2.75, 3.05) is 0 Å². The van der Waals surface area contributed by atoms with Gasteiger partial charge in [-0.05, 0) is 22.0 Å². The lowest BCUT2D eigenvalue weighted by atomic mass is 10.2. The molecule has 76 valence electrons. The predicted molar refractivity (Wildman–Crippen MR) is 50.4 cm³/mol. The van der Waals surface area contributed by atoms with Gasteiger partial charge in [0, 0.05) is 4.47 Å². The Labute approximate surface area is 91.4 Å². The highest BCUT2D eigenvalue weighted by Gasteiger charge is 2.22. The van der Waals surface area contributed by atoms with E-state index in [2.05, 4.69) is 20.9 Å². The van der Waals surface area contributed by atoms with Crippen LogP contribution in [-0.2, 0) is 0 Å². The first-order chi connectivity index (χ1) is 6.43. The van der Waals surface area contributed by atoms with Crippen LogP contribution in [0.4, 0.5) is 8.78 Å². The fourth-order valence-electron chi connectivity index (χ4n) is 0.904. The molecule has 1 amide bonds. The molecule has 0 saturated heterocycles. The molecule has 0 aliphatic carbocycles. The normalized spacial score (nSPS) is 10.6. The Morgan fingerprint density at radius 3 is 2.64 bits per heavy atom. The number of hydrogen-bond acceptors (Lipinski definition) is 2. The molecule has 0 aliphatic heterocycles. The van der Waals surface area contributed by atoms with E-state index in [4.69, 9.17) is 17.3 Å². The number of pyridine rings is 1. The van der Waals surface area contributed by atoms with Crippen LogP contribution < -0.4 is 5.73 Å². The number of halogens is 4. The van der Waals surface area contributed by atoms with Gasteiger partial charge in [0.15, 0.2) is 0 Å². The molecule has 0 saturated carbocycles. The van der Waals surface area contributed by atoms with E-state index in [-0.39, 0.29) is 15.2 Å². The van der Waals surface area contributed by atoms with Crippen molar-refractivity contribution >= 4 is 33.4 Å². The Morgan fingerprint density at radius 2 is 2.21 bits per heavy atom. The number of rotatable bonds is 2. The average molecular weight is 285 g/mol. The molecule has 0 aliphatic rings. The van der Waals surface area contributed by atoms with Gasteiger partial charge < -0.3 is 5.73 Å². The molecule has 0 unspecified atom stereocenters. The minimum atomic E-state index is -2.90. The summed E-state index contributed by atoms with van der Waals surface area (Å²) in [6, 6.07) is 1.23. The molecular weight excluding hydrogens is 281 g/mol. The number of hydrogen-bond donors (Lipinski definition) is 1. The number of nitrogens with zero attached hydrogens (tertiary/aromatic N) is 1. The van der Waals surface area contributed by atoms with Crippen LogP contribution in [0.15, 0.2) is 10.5 Å². The minimum absolute atomic E-state index is 0.111. The first kappa shape index (κ1) is 11.3. The topological polar surface area (TPSA) is 56.0 Å². The van der Waals surface area contributed by atoms with Crippen molar-refractivity contribution in [3.63, 3.8) is 0 Å². The Bertz CT molecular complexity index is 386. The van der Waals surface area contributed by atoms with Gasteiger partial charge in [-0.2, -0.15) is 0 Å². The molecule has 1 aromatic rings. The van der Waals surface area contributed by atoms with Crippen LogP contribution in [0.2, 0.25) is 5.15 Å². The Balaban J connectivity index is 3.44. The van der Waals surface area contributed by atoms with Crippen LogP contribution in [0.25, 0.3) is 0 Å². The quantitative estimate of drug-likeness (QED) is 0.849. The van der Waals surface area contributed by atoms with Gasteiger partial charge in [0.1, 0.15) is 10.8 Å². The first-order valence-electron chi connectivity index (χ1n) is 3.37. The maximum Gasteiger partial charge on any atom is 0.281 e. The second-order valence-electron chi connectivity index (χ2n) is 2.35. The van der Waals surface area contributed by atoms with Crippen molar-refractivity contribution in [1.29, 1.82) is 0 Å². The van der Waals surface area contributed by atoms with Gasteiger partial charge in [-0.1, -0.05) is 11.6 Å². The summed E-state index contributed by atoms with van der Waals surface area (Å²) in [5, 5.41) is -0.128. The number of amides is 1. The Kier molecular flexibility index (Phi) is 3.38. The van der Waals surface area contributed by atoms with Crippen LogP contribution in [-0.4, -0.2) is 10.9 Å². The van der Waals surface area contributed by atoms with Gasteiger partial charge in [-0.3, -0.25) is 4.79 Å². The second-order valence-corrected chi connectivity index (χ2v) is 3.59. The van der Waals surface area contributed by atoms with Crippen molar-refractivity contribution in [1.82, 2.24) is 4.98 Å². The summed E-state index contributed by atoms with van der Waals surface area (Å²) in [5.41, 5.74) is 3.86. The summed E-state index contributed by atoms with van der Waals surface area (Å²) in [6.07, 6.45) is -2.90. The smallest absolute Gasteiger partial charge is 0.281 e. The maximum atomic E-state index is 12.4. The van der Waals surface area contributed by atoms with Crippen molar-refractivity contribution in [2.45, 2.75) is 6.43 Å². The van der Waals surface area contributed by atoms with Crippen molar-refractivity contribution in [2.24, 2.45) is 5.73 Å². The van der Waals surface area contributed by atoms with E-state index in [1.54, 1.807) is 0 Å². The number of nitrogens with two attached hydrogens (primary N) is 1. The largest absolute Gasteiger partial charge is 0.366 e. The number of primary amides is 1. The molecule has 7 heteroatoms.